The van der Waals surface area contributed by atoms with E-state index in [1.165, 1.54) is 11.0 Å². The summed E-state index contributed by atoms with van der Waals surface area (Å²) in [7, 11) is 3.32. The first-order chi connectivity index (χ1) is 8.90. The van der Waals surface area contributed by atoms with E-state index in [0.717, 1.165) is 0 Å². The predicted octanol–water partition coefficient (Wildman–Crippen LogP) is 0.113. The number of carbonyl (C=O) groups excluding carboxylic acids is 1. The quantitative estimate of drug-likeness (QED) is 0.753. The number of aromatic amines is 1. The number of urea groups is 1. The fraction of sp³-hybridized carbons (Fsp3) is 0.417. The van der Waals surface area contributed by atoms with Gasteiger partial charge in [-0.25, -0.2) is 9.59 Å². The predicted molar refractivity (Wildman–Crippen MR) is 67.2 cm³/mol. The minimum Gasteiger partial charge on any atom is -0.477 e. The molecule has 0 atom stereocenters. The van der Waals surface area contributed by atoms with Gasteiger partial charge in [-0.2, -0.15) is 0 Å². The average molecular weight is 265 g/mol. The number of aromatic carboxylic acids is 1. The molecule has 0 saturated heterocycles. The average Bonchev–Trinajstić information content (AvgIpc) is 2.36. The van der Waals surface area contributed by atoms with E-state index in [1.54, 1.807) is 19.0 Å². The Kier molecular flexibility index (Phi) is 3.28. The highest BCUT2D eigenvalue weighted by atomic mass is 16.4. The van der Waals surface area contributed by atoms with E-state index >= 15 is 0 Å². The number of hydrogen-bond donors (Lipinski definition) is 2. The first-order valence-corrected chi connectivity index (χ1v) is 5.84. The minimum atomic E-state index is -1.26. The Morgan fingerprint density at radius 2 is 2.11 bits per heavy atom. The van der Waals surface area contributed by atoms with Crippen molar-refractivity contribution in [1.29, 1.82) is 0 Å². The van der Waals surface area contributed by atoms with E-state index in [2.05, 4.69) is 4.98 Å². The van der Waals surface area contributed by atoms with E-state index in [9.17, 15) is 14.4 Å². The molecular weight excluding hydrogens is 250 g/mol. The van der Waals surface area contributed by atoms with Gasteiger partial charge in [-0.15, -0.1) is 0 Å². The van der Waals surface area contributed by atoms with Crippen molar-refractivity contribution in [3.05, 3.63) is 33.2 Å². The van der Waals surface area contributed by atoms with E-state index in [0.29, 0.717) is 30.8 Å². The number of rotatable bonds is 1. The molecule has 2 amide bonds. The van der Waals surface area contributed by atoms with Gasteiger partial charge in [-0.05, 0) is 11.6 Å². The van der Waals surface area contributed by atoms with Crippen molar-refractivity contribution in [2.45, 2.75) is 13.0 Å². The second kappa shape index (κ2) is 4.75. The Morgan fingerprint density at radius 1 is 1.42 bits per heavy atom. The number of carbonyl (C=O) groups is 2. The fourth-order valence-electron chi connectivity index (χ4n) is 2.11. The highest BCUT2D eigenvalue weighted by Crippen LogP contribution is 2.17. The van der Waals surface area contributed by atoms with Crippen molar-refractivity contribution in [3.63, 3.8) is 0 Å². The number of nitrogens with zero attached hydrogens (tertiary/aromatic N) is 2. The van der Waals surface area contributed by atoms with Crippen LogP contribution in [0.15, 0.2) is 10.9 Å². The van der Waals surface area contributed by atoms with Crippen LogP contribution >= 0.6 is 0 Å². The van der Waals surface area contributed by atoms with Crippen LogP contribution in [0.25, 0.3) is 0 Å². The van der Waals surface area contributed by atoms with Crippen LogP contribution in [0, 0.1) is 0 Å². The van der Waals surface area contributed by atoms with Crippen molar-refractivity contribution in [1.82, 2.24) is 14.8 Å². The zero-order valence-electron chi connectivity index (χ0n) is 10.8. The van der Waals surface area contributed by atoms with Crippen LogP contribution in [0.2, 0.25) is 0 Å². The second-order valence-electron chi connectivity index (χ2n) is 4.67. The third-order valence-electron chi connectivity index (χ3n) is 3.09. The van der Waals surface area contributed by atoms with Crippen LogP contribution in [-0.4, -0.2) is 52.5 Å². The number of amides is 2. The summed E-state index contributed by atoms with van der Waals surface area (Å²) in [6.07, 6.45) is 0.518. The summed E-state index contributed by atoms with van der Waals surface area (Å²) in [5.41, 5.74) is 0.493. The number of carboxylic acid groups (broad SMARTS) is 1. The molecule has 0 spiro atoms. The minimum absolute atomic E-state index is 0.131. The van der Waals surface area contributed by atoms with Crippen molar-refractivity contribution in [3.8, 4) is 0 Å². The first-order valence-electron chi connectivity index (χ1n) is 5.84. The molecule has 1 aromatic rings. The molecule has 2 N–H and O–H groups in total. The summed E-state index contributed by atoms with van der Waals surface area (Å²) in [6, 6.07) is 1.22. The zero-order valence-corrected chi connectivity index (χ0v) is 10.8. The van der Waals surface area contributed by atoms with Crippen LogP contribution < -0.4 is 5.56 Å². The summed E-state index contributed by atoms with van der Waals surface area (Å²) in [5.74, 6) is -1.26. The third kappa shape index (κ3) is 2.44. The van der Waals surface area contributed by atoms with E-state index in [4.69, 9.17) is 5.11 Å². The zero-order chi connectivity index (χ0) is 14.2. The van der Waals surface area contributed by atoms with Crippen LogP contribution in [0.1, 0.15) is 21.6 Å². The maximum atomic E-state index is 11.9. The van der Waals surface area contributed by atoms with Crippen molar-refractivity contribution in [2.75, 3.05) is 20.6 Å². The number of pyridine rings is 1. The Labute approximate surface area is 109 Å². The molecular formula is C12H15N3O4. The lowest BCUT2D eigenvalue weighted by atomic mass is 10.0. The molecule has 0 radical (unpaired) electrons. The molecule has 19 heavy (non-hydrogen) atoms. The van der Waals surface area contributed by atoms with Crippen LogP contribution in [0.5, 0.6) is 0 Å². The molecule has 1 aliphatic rings. The molecule has 0 unspecified atom stereocenters. The number of H-pyrrole nitrogens is 1. The first kappa shape index (κ1) is 13.1. The lowest BCUT2D eigenvalue weighted by Crippen LogP contribution is -2.43. The number of fused-ring (bicyclic) bond motifs is 1. The number of hydrogen-bond acceptors (Lipinski definition) is 3. The SMILES string of the molecule is CN(C)C(=O)N1CCc2[nH]c(=O)c(C(=O)O)cc2C1. The molecule has 7 nitrogen and oxygen atoms in total. The van der Waals surface area contributed by atoms with Crippen molar-refractivity contribution >= 4 is 12.0 Å². The van der Waals surface area contributed by atoms with Gasteiger partial charge in [0.2, 0.25) is 0 Å². The van der Waals surface area contributed by atoms with Gasteiger partial charge in [-0.3, -0.25) is 4.79 Å². The van der Waals surface area contributed by atoms with Crippen LogP contribution in [-0.2, 0) is 13.0 Å². The lowest BCUT2D eigenvalue weighted by molar-refractivity contribution is 0.0694. The van der Waals surface area contributed by atoms with Gasteiger partial charge in [0.05, 0.1) is 0 Å². The number of aromatic nitrogens is 1. The molecule has 2 heterocycles. The van der Waals surface area contributed by atoms with Gasteiger partial charge in [0.15, 0.2) is 0 Å². The van der Waals surface area contributed by atoms with Gasteiger partial charge < -0.3 is 19.9 Å². The van der Waals surface area contributed by atoms with Gasteiger partial charge in [0, 0.05) is 39.3 Å². The van der Waals surface area contributed by atoms with E-state index in [1.807, 2.05) is 0 Å². The van der Waals surface area contributed by atoms with E-state index < -0.39 is 11.5 Å². The maximum absolute atomic E-state index is 11.9. The molecule has 0 saturated carbocycles. The normalized spacial score (nSPS) is 13.9. The highest BCUT2D eigenvalue weighted by molar-refractivity contribution is 5.87. The summed E-state index contributed by atoms with van der Waals surface area (Å²) >= 11 is 0. The highest BCUT2D eigenvalue weighted by Gasteiger charge is 2.24. The van der Waals surface area contributed by atoms with Gasteiger partial charge in [0.1, 0.15) is 5.56 Å². The Balaban J connectivity index is 2.34. The second-order valence-corrected chi connectivity index (χ2v) is 4.67. The van der Waals surface area contributed by atoms with Crippen molar-refractivity contribution in [2.24, 2.45) is 0 Å². The molecule has 1 aliphatic heterocycles. The molecule has 102 valence electrons. The maximum Gasteiger partial charge on any atom is 0.341 e. The smallest absolute Gasteiger partial charge is 0.341 e. The van der Waals surface area contributed by atoms with Crippen molar-refractivity contribution < 1.29 is 14.7 Å². The van der Waals surface area contributed by atoms with Crippen LogP contribution in [0.3, 0.4) is 0 Å². The van der Waals surface area contributed by atoms with Gasteiger partial charge in [-0.1, -0.05) is 0 Å². The van der Waals surface area contributed by atoms with Crippen LogP contribution in [0.4, 0.5) is 4.79 Å². The lowest BCUT2D eigenvalue weighted by Gasteiger charge is -2.30. The molecule has 0 aromatic carbocycles. The topological polar surface area (TPSA) is 93.7 Å². The number of carboxylic acids is 1. The Morgan fingerprint density at radius 3 is 2.68 bits per heavy atom. The Hall–Kier alpha value is -2.31. The van der Waals surface area contributed by atoms with Gasteiger partial charge >= 0.3 is 12.0 Å². The monoisotopic (exact) mass is 265 g/mol. The third-order valence-corrected chi connectivity index (χ3v) is 3.09. The molecule has 7 heteroatoms. The molecule has 2 rings (SSSR count). The van der Waals surface area contributed by atoms with Gasteiger partial charge in [0.25, 0.3) is 5.56 Å². The summed E-state index contributed by atoms with van der Waals surface area (Å²) in [6.45, 7) is 0.815. The van der Waals surface area contributed by atoms with E-state index in [-0.39, 0.29) is 11.6 Å². The fourth-order valence-corrected chi connectivity index (χ4v) is 2.11. The largest absolute Gasteiger partial charge is 0.477 e. The summed E-state index contributed by atoms with van der Waals surface area (Å²) in [4.78, 5) is 40.0. The Bertz CT molecular complexity index is 591. The summed E-state index contributed by atoms with van der Waals surface area (Å²) in [5, 5.41) is 8.92. The standard InChI is InChI=1S/C12H15N3O4/c1-14(2)12(19)15-4-3-9-7(6-15)5-8(11(17)18)10(16)13-9/h5H,3-4,6H2,1-2H3,(H,13,16)(H,17,18). The number of nitrogens with one attached hydrogen (secondary N) is 1. The molecule has 1 aromatic heterocycles. The summed E-state index contributed by atoms with van der Waals surface area (Å²) < 4.78 is 0. The molecule has 0 fully saturated rings. The molecule has 0 aliphatic carbocycles. The molecule has 0 bridgehead atoms.